The predicted octanol–water partition coefficient (Wildman–Crippen LogP) is 1.96. The highest BCUT2D eigenvalue weighted by atomic mass is 16.3. The van der Waals surface area contributed by atoms with Crippen LogP contribution in [-0.4, -0.2) is 23.1 Å². The van der Waals surface area contributed by atoms with Crippen LogP contribution in [0.15, 0.2) is 24.3 Å². The number of carbonyl (C=O) groups excluding carboxylic acids is 1. The maximum Gasteiger partial charge on any atom is 0.237 e. The quantitative estimate of drug-likeness (QED) is 0.769. The fraction of sp³-hybridized carbons (Fsp3) is 0.562. The zero-order valence-corrected chi connectivity index (χ0v) is 12.0. The summed E-state index contributed by atoms with van der Waals surface area (Å²) in [5.74, 6) is 0.735. The van der Waals surface area contributed by atoms with Crippen LogP contribution >= 0.6 is 0 Å². The summed E-state index contributed by atoms with van der Waals surface area (Å²) < 4.78 is 0. The number of aromatic hydroxyl groups is 1. The van der Waals surface area contributed by atoms with Crippen LogP contribution in [-0.2, 0) is 11.2 Å². The van der Waals surface area contributed by atoms with Crippen LogP contribution in [0.3, 0.4) is 0 Å². The molecular formula is C16H24N2O2. The lowest BCUT2D eigenvalue weighted by atomic mass is 9.99. The minimum absolute atomic E-state index is 0.0857. The van der Waals surface area contributed by atoms with Gasteiger partial charge in [0.15, 0.2) is 0 Å². The topological polar surface area (TPSA) is 75.4 Å². The van der Waals surface area contributed by atoms with Crippen LogP contribution < -0.4 is 11.1 Å². The van der Waals surface area contributed by atoms with Gasteiger partial charge in [0.2, 0.25) is 5.91 Å². The van der Waals surface area contributed by atoms with Crippen LogP contribution in [0.25, 0.3) is 0 Å². The van der Waals surface area contributed by atoms with Gasteiger partial charge in [-0.15, -0.1) is 0 Å². The van der Waals surface area contributed by atoms with Gasteiger partial charge in [0.1, 0.15) is 5.75 Å². The first-order valence-corrected chi connectivity index (χ1v) is 7.40. The average Bonchev–Trinajstić information content (AvgIpc) is 2.95. The molecule has 1 aromatic carbocycles. The molecule has 1 amide bonds. The molecule has 0 heterocycles. The lowest BCUT2D eigenvalue weighted by molar-refractivity contribution is -0.123. The Morgan fingerprint density at radius 1 is 1.35 bits per heavy atom. The smallest absolute Gasteiger partial charge is 0.237 e. The van der Waals surface area contributed by atoms with Crippen LogP contribution in [0.4, 0.5) is 0 Å². The lowest BCUT2D eigenvalue weighted by Crippen LogP contribution is -2.47. The zero-order valence-electron chi connectivity index (χ0n) is 12.0. The number of hydrogen-bond donors (Lipinski definition) is 3. The molecule has 0 aromatic heterocycles. The van der Waals surface area contributed by atoms with Gasteiger partial charge in [0.05, 0.1) is 6.04 Å². The Morgan fingerprint density at radius 2 is 1.95 bits per heavy atom. The maximum absolute atomic E-state index is 12.1. The molecule has 1 aliphatic rings. The minimum atomic E-state index is -0.539. The summed E-state index contributed by atoms with van der Waals surface area (Å²) in [6, 6.07) is 6.48. The van der Waals surface area contributed by atoms with Crippen molar-refractivity contribution in [2.45, 2.75) is 51.1 Å². The van der Waals surface area contributed by atoms with Gasteiger partial charge in [0, 0.05) is 6.04 Å². The Bertz CT molecular complexity index is 438. The van der Waals surface area contributed by atoms with Crippen molar-refractivity contribution in [1.29, 1.82) is 0 Å². The molecule has 1 aromatic rings. The van der Waals surface area contributed by atoms with Crippen LogP contribution in [0.5, 0.6) is 5.75 Å². The third-order valence-electron chi connectivity index (χ3n) is 4.21. The van der Waals surface area contributed by atoms with E-state index >= 15 is 0 Å². The fourth-order valence-corrected chi connectivity index (χ4v) is 2.89. The van der Waals surface area contributed by atoms with E-state index in [0.717, 1.165) is 5.56 Å². The Balaban J connectivity index is 1.83. The number of benzene rings is 1. The van der Waals surface area contributed by atoms with Crippen LogP contribution in [0.1, 0.15) is 38.2 Å². The van der Waals surface area contributed by atoms with Crippen molar-refractivity contribution in [2.24, 2.45) is 11.7 Å². The summed E-state index contributed by atoms with van der Waals surface area (Å²) in [5.41, 5.74) is 6.92. The van der Waals surface area contributed by atoms with E-state index in [1.807, 2.05) is 0 Å². The van der Waals surface area contributed by atoms with Gasteiger partial charge in [-0.05, 0) is 49.8 Å². The number of rotatable bonds is 5. The Morgan fingerprint density at radius 3 is 2.55 bits per heavy atom. The maximum atomic E-state index is 12.1. The van der Waals surface area contributed by atoms with E-state index in [2.05, 4.69) is 12.2 Å². The SMILES string of the molecule is C[C@@H](NC(=O)C(N)Cc1ccc(O)cc1)C1CCCC1. The Hall–Kier alpha value is -1.55. The molecule has 2 rings (SSSR count). The summed E-state index contributed by atoms with van der Waals surface area (Å²) >= 11 is 0. The Kier molecular flexibility index (Phi) is 5.01. The Labute approximate surface area is 120 Å². The van der Waals surface area contributed by atoms with Gasteiger partial charge in [-0.3, -0.25) is 4.79 Å². The molecule has 1 aliphatic carbocycles. The van der Waals surface area contributed by atoms with E-state index in [0.29, 0.717) is 12.3 Å². The number of phenols is 1. The van der Waals surface area contributed by atoms with Crippen molar-refractivity contribution in [3.8, 4) is 5.75 Å². The molecule has 1 unspecified atom stereocenters. The van der Waals surface area contributed by atoms with Crippen molar-refractivity contribution in [3.63, 3.8) is 0 Å². The summed E-state index contributed by atoms with van der Waals surface area (Å²) in [7, 11) is 0. The first-order chi connectivity index (χ1) is 9.56. The van der Waals surface area contributed by atoms with Crippen molar-refractivity contribution < 1.29 is 9.90 Å². The molecule has 4 nitrogen and oxygen atoms in total. The van der Waals surface area contributed by atoms with E-state index in [4.69, 9.17) is 5.73 Å². The van der Waals surface area contributed by atoms with Crippen LogP contribution in [0, 0.1) is 5.92 Å². The largest absolute Gasteiger partial charge is 0.508 e. The number of carbonyl (C=O) groups is 1. The normalized spacial score (nSPS) is 18.7. The highest BCUT2D eigenvalue weighted by Gasteiger charge is 2.24. The monoisotopic (exact) mass is 276 g/mol. The van der Waals surface area contributed by atoms with Gasteiger partial charge in [-0.1, -0.05) is 25.0 Å². The standard InChI is InChI=1S/C16H24N2O2/c1-11(13-4-2-3-5-13)18-16(20)15(17)10-12-6-8-14(19)9-7-12/h6-9,11,13,15,19H,2-5,10,17H2,1H3,(H,18,20)/t11-,15?/m1/s1. The molecule has 0 bridgehead atoms. The lowest BCUT2D eigenvalue weighted by Gasteiger charge is -2.22. The number of nitrogens with one attached hydrogen (secondary N) is 1. The zero-order chi connectivity index (χ0) is 14.5. The third kappa shape index (κ3) is 3.97. The van der Waals surface area contributed by atoms with Gasteiger partial charge < -0.3 is 16.2 Å². The number of hydrogen-bond acceptors (Lipinski definition) is 3. The molecule has 0 spiro atoms. The van der Waals surface area contributed by atoms with Crippen LogP contribution in [0.2, 0.25) is 0 Å². The molecule has 0 aliphatic heterocycles. The van der Waals surface area contributed by atoms with Crippen molar-refractivity contribution in [1.82, 2.24) is 5.32 Å². The van der Waals surface area contributed by atoms with E-state index in [1.165, 1.54) is 25.7 Å². The molecule has 0 radical (unpaired) electrons. The van der Waals surface area contributed by atoms with Gasteiger partial charge in [-0.25, -0.2) is 0 Å². The second-order valence-electron chi connectivity index (χ2n) is 5.82. The summed E-state index contributed by atoms with van der Waals surface area (Å²) in [4.78, 5) is 12.1. The summed E-state index contributed by atoms with van der Waals surface area (Å²) in [6.07, 6.45) is 5.43. The van der Waals surface area contributed by atoms with Crippen molar-refractivity contribution >= 4 is 5.91 Å². The summed E-state index contributed by atoms with van der Waals surface area (Å²) in [5, 5.41) is 12.3. The second kappa shape index (κ2) is 6.75. The molecule has 0 saturated heterocycles. The summed E-state index contributed by atoms with van der Waals surface area (Å²) in [6.45, 7) is 2.07. The first kappa shape index (κ1) is 14.9. The van der Waals surface area contributed by atoms with E-state index in [-0.39, 0.29) is 17.7 Å². The first-order valence-electron chi connectivity index (χ1n) is 7.40. The molecular weight excluding hydrogens is 252 g/mol. The molecule has 1 saturated carbocycles. The van der Waals surface area contributed by atoms with E-state index < -0.39 is 6.04 Å². The van der Waals surface area contributed by atoms with E-state index in [1.54, 1.807) is 24.3 Å². The van der Waals surface area contributed by atoms with Gasteiger partial charge >= 0.3 is 0 Å². The molecule has 110 valence electrons. The number of nitrogens with two attached hydrogens (primary N) is 1. The average molecular weight is 276 g/mol. The highest BCUT2D eigenvalue weighted by molar-refractivity contribution is 5.82. The van der Waals surface area contributed by atoms with Crippen molar-refractivity contribution in [2.75, 3.05) is 0 Å². The van der Waals surface area contributed by atoms with Gasteiger partial charge in [0.25, 0.3) is 0 Å². The molecule has 2 atom stereocenters. The van der Waals surface area contributed by atoms with Gasteiger partial charge in [-0.2, -0.15) is 0 Å². The highest BCUT2D eigenvalue weighted by Crippen LogP contribution is 2.27. The molecule has 20 heavy (non-hydrogen) atoms. The number of phenolic OH excluding ortho intramolecular Hbond substituents is 1. The second-order valence-corrected chi connectivity index (χ2v) is 5.82. The predicted molar refractivity (Wildman–Crippen MR) is 79.3 cm³/mol. The molecule has 4 N–H and O–H groups in total. The van der Waals surface area contributed by atoms with E-state index in [9.17, 15) is 9.90 Å². The van der Waals surface area contributed by atoms with Crippen molar-refractivity contribution in [3.05, 3.63) is 29.8 Å². The minimum Gasteiger partial charge on any atom is -0.508 e. The molecule has 4 heteroatoms. The molecule has 1 fully saturated rings. The number of amides is 1. The fourth-order valence-electron chi connectivity index (χ4n) is 2.89. The third-order valence-corrected chi connectivity index (χ3v) is 4.21.